The Bertz CT molecular complexity index is 1260. The highest BCUT2D eigenvalue weighted by Gasteiger charge is 2.36. The first-order valence-electron chi connectivity index (χ1n) is 10.4. The van der Waals surface area contributed by atoms with Crippen LogP contribution in [0.25, 0.3) is 10.9 Å². The van der Waals surface area contributed by atoms with Crippen molar-refractivity contribution >= 4 is 40.1 Å². The predicted octanol–water partition coefficient (Wildman–Crippen LogP) is 2.05. The highest BCUT2D eigenvalue weighted by atomic mass is 35.5. The summed E-state index contributed by atoms with van der Waals surface area (Å²) < 4.78 is 1.67. The highest BCUT2D eigenvalue weighted by molar-refractivity contribution is 6.35. The maximum atomic E-state index is 13.5. The number of rotatable bonds is 8. The van der Waals surface area contributed by atoms with Gasteiger partial charge in [0.1, 0.15) is 23.3 Å². The van der Waals surface area contributed by atoms with Gasteiger partial charge < -0.3 is 22.1 Å². The van der Waals surface area contributed by atoms with Crippen LogP contribution in [0.15, 0.2) is 23.0 Å². The Morgan fingerprint density at radius 2 is 2.09 bits per heavy atom. The third-order valence-corrected chi connectivity index (χ3v) is 5.82. The van der Waals surface area contributed by atoms with Crippen LogP contribution in [0, 0.1) is 17.2 Å². The fourth-order valence-corrected chi connectivity index (χ4v) is 4.04. The smallest absolute Gasteiger partial charge is 0.262 e. The molecule has 11 heteroatoms. The molecule has 0 spiro atoms. The van der Waals surface area contributed by atoms with E-state index < -0.39 is 0 Å². The zero-order valence-electron chi connectivity index (χ0n) is 17.6. The Hall–Kier alpha value is -3.42. The Kier molecular flexibility index (Phi) is 6.12. The van der Waals surface area contributed by atoms with E-state index in [9.17, 15) is 10.1 Å². The standard InChI is InChI=1S/C21H24ClN9O/c1-26-8-3-9-31-19(27-14-5-2-4-13(22)15(14)20(31)32)16(11-6-7-11)28-18-12(10-23)17(24)29-21(25)30-18/h2,4-5,11,16,26H,3,6-9H2,1H3,(H5,24,25,28,29,30). The number of hydrogen-bond acceptors (Lipinski definition) is 9. The van der Waals surface area contributed by atoms with Crippen molar-refractivity contribution in [3.8, 4) is 6.07 Å². The van der Waals surface area contributed by atoms with Gasteiger partial charge >= 0.3 is 0 Å². The number of hydrogen-bond donors (Lipinski definition) is 4. The Morgan fingerprint density at radius 3 is 2.78 bits per heavy atom. The molecule has 0 saturated heterocycles. The maximum Gasteiger partial charge on any atom is 0.262 e. The zero-order valence-corrected chi connectivity index (χ0v) is 18.4. The molecule has 6 N–H and O–H groups in total. The summed E-state index contributed by atoms with van der Waals surface area (Å²) in [6, 6.07) is 6.90. The van der Waals surface area contributed by atoms with Crippen LogP contribution < -0.4 is 27.7 Å². The molecule has 1 atom stereocenters. The second-order valence-electron chi connectivity index (χ2n) is 7.78. The minimum atomic E-state index is -0.360. The third kappa shape index (κ3) is 4.17. The van der Waals surface area contributed by atoms with Crippen molar-refractivity contribution in [2.24, 2.45) is 5.92 Å². The minimum absolute atomic E-state index is 0.00158. The molecule has 4 rings (SSSR count). The molecule has 0 aliphatic heterocycles. The molecule has 1 unspecified atom stereocenters. The lowest BCUT2D eigenvalue weighted by Crippen LogP contribution is -2.31. The van der Waals surface area contributed by atoms with Gasteiger partial charge in [-0.2, -0.15) is 15.2 Å². The average molecular weight is 454 g/mol. The second-order valence-corrected chi connectivity index (χ2v) is 8.19. The molecule has 3 aromatic rings. The van der Waals surface area contributed by atoms with Gasteiger partial charge in [0.25, 0.3) is 5.56 Å². The molecule has 1 aromatic carbocycles. The van der Waals surface area contributed by atoms with Crippen LogP contribution in [0.2, 0.25) is 5.02 Å². The topological polar surface area (TPSA) is 161 Å². The summed E-state index contributed by atoms with van der Waals surface area (Å²) in [5.74, 6) is 0.989. The molecule has 166 valence electrons. The van der Waals surface area contributed by atoms with Gasteiger partial charge in [0.2, 0.25) is 5.95 Å². The Balaban J connectivity index is 1.87. The van der Waals surface area contributed by atoms with E-state index in [1.54, 1.807) is 22.8 Å². The number of nitriles is 1. The average Bonchev–Trinajstić information content (AvgIpc) is 3.58. The Morgan fingerprint density at radius 1 is 1.31 bits per heavy atom. The number of nitrogens with one attached hydrogen (secondary N) is 2. The molecule has 10 nitrogen and oxygen atoms in total. The molecule has 0 amide bonds. The highest BCUT2D eigenvalue weighted by Crippen LogP contribution is 2.43. The summed E-state index contributed by atoms with van der Waals surface area (Å²) in [7, 11) is 1.86. The lowest BCUT2D eigenvalue weighted by atomic mass is 10.1. The van der Waals surface area contributed by atoms with Crippen molar-refractivity contribution in [2.45, 2.75) is 31.8 Å². The number of aromatic nitrogens is 4. The van der Waals surface area contributed by atoms with Crippen LogP contribution in [0.5, 0.6) is 0 Å². The van der Waals surface area contributed by atoms with E-state index >= 15 is 0 Å². The van der Waals surface area contributed by atoms with E-state index in [0.717, 1.165) is 25.8 Å². The quantitative estimate of drug-likeness (QED) is 0.374. The van der Waals surface area contributed by atoms with Gasteiger partial charge in [0.15, 0.2) is 5.82 Å². The molecular weight excluding hydrogens is 430 g/mol. The fourth-order valence-electron chi connectivity index (χ4n) is 3.79. The van der Waals surface area contributed by atoms with Gasteiger partial charge in [0, 0.05) is 6.54 Å². The van der Waals surface area contributed by atoms with Crippen LogP contribution in [-0.4, -0.2) is 33.1 Å². The molecule has 2 aromatic heterocycles. The second kappa shape index (κ2) is 8.98. The summed E-state index contributed by atoms with van der Waals surface area (Å²) in [6.45, 7) is 1.21. The van der Waals surface area contributed by atoms with Crippen LogP contribution in [0.3, 0.4) is 0 Å². The number of nitrogens with two attached hydrogens (primary N) is 2. The van der Waals surface area contributed by atoms with E-state index in [4.69, 9.17) is 28.1 Å². The fraction of sp³-hybridized carbons (Fsp3) is 0.381. The first-order chi connectivity index (χ1) is 15.4. The lowest BCUT2D eigenvalue weighted by molar-refractivity contribution is 0.521. The van der Waals surface area contributed by atoms with Gasteiger partial charge in [-0.3, -0.25) is 9.36 Å². The summed E-state index contributed by atoms with van der Waals surface area (Å²) in [6.07, 6.45) is 2.64. The molecular formula is C21H24ClN9O. The molecule has 32 heavy (non-hydrogen) atoms. The SMILES string of the molecule is CNCCCn1c(C(Nc2nc(N)nc(N)c2C#N)C2CC2)nc2cccc(Cl)c2c1=O. The van der Waals surface area contributed by atoms with Crippen LogP contribution in [-0.2, 0) is 6.54 Å². The van der Waals surface area contributed by atoms with E-state index in [2.05, 4.69) is 20.6 Å². The van der Waals surface area contributed by atoms with E-state index in [1.165, 1.54) is 0 Å². The summed E-state index contributed by atoms with van der Waals surface area (Å²) in [5, 5.41) is 16.7. The monoisotopic (exact) mass is 453 g/mol. The van der Waals surface area contributed by atoms with E-state index in [-0.39, 0.29) is 40.7 Å². The molecule has 1 fully saturated rings. The first kappa shape index (κ1) is 21.8. The minimum Gasteiger partial charge on any atom is -0.382 e. The molecule has 1 aliphatic rings. The summed E-state index contributed by atoms with van der Waals surface area (Å²) >= 11 is 6.34. The molecule has 1 aliphatic carbocycles. The zero-order chi connectivity index (χ0) is 22.8. The number of nitrogens with zero attached hydrogens (tertiary/aromatic N) is 5. The number of benzene rings is 1. The molecule has 2 heterocycles. The maximum absolute atomic E-state index is 13.5. The number of nitrogen functional groups attached to an aromatic ring is 2. The van der Waals surface area contributed by atoms with Crippen LogP contribution in [0.1, 0.15) is 36.7 Å². The van der Waals surface area contributed by atoms with Crippen molar-refractivity contribution in [1.29, 1.82) is 5.26 Å². The van der Waals surface area contributed by atoms with Gasteiger partial charge in [-0.05, 0) is 50.9 Å². The number of anilines is 3. The number of fused-ring (bicyclic) bond motifs is 1. The number of halogens is 1. The van der Waals surface area contributed by atoms with Gasteiger partial charge in [0.05, 0.1) is 22.0 Å². The van der Waals surface area contributed by atoms with E-state index in [0.29, 0.717) is 28.3 Å². The Labute approximate surface area is 189 Å². The van der Waals surface area contributed by atoms with Gasteiger partial charge in [-0.25, -0.2) is 4.98 Å². The van der Waals surface area contributed by atoms with E-state index in [1.807, 2.05) is 13.1 Å². The third-order valence-electron chi connectivity index (χ3n) is 5.50. The van der Waals surface area contributed by atoms with Crippen molar-refractivity contribution in [1.82, 2.24) is 24.8 Å². The predicted molar refractivity (Wildman–Crippen MR) is 124 cm³/mol. The molecule has 0 bridgehead atoms. The van der Waals surface area contributed by atoms with Crippen LogP contribution >= 0.6 is 11.6 Å². The van der Waals surface area contributed by atoms with Crippen molar-refractivity contribution in [3.05, 3.63) is 45.0 Å². The largest absolute Gasteiger partial charge is 0.382 e. The summed E-state index contributed by atoms with van der Waals surface area (Å²) in [4.78, 5) is 26.4. The lowest BCUT2D eigenvalue weighted by Gasteiger charge is -2.24. The first-order valence-corrected chi connectivity index (χ1v) is 10.8. The van der Waals surface area contributed by atoms with Gasteiger partial charge in [-0.1, -0.05) is 17.7 Å². The van der Waals surface area contributed by atoms with Crippen molar-refractivity contribution < 1.29 is 0 Å². The summed E-state index contributed by atoms with van der Waals surface area (Å²) in [5.41, 5.74) is 12.1. The normalized spacial score (nSPS) is 14.3. The molecule has 1 saturated carbocycles. The van der Waals surface area contributed by atoms with Crippen molar-refractivity contribution in [3.63, 3.8) is 0 Å². The van der Waals surface area contributed by atoms with Crippen LogP contribution in [0.4, 0.5) is 17.6 Å². The van der Waals surface area contributed by atoms with Crippen molar-refractivity contribution in [2.75, 3.05) is 30.4 Å². The molecule has 0 radical (unpaired) electrons. The van der Waals surface area contributed by atoms with Gasteiger partial charge in [-0.15, -0.1) is 0 Å².